The van der Waals surface area contributed by atoms with Crippen molar-refractivity contribution < 1.29 is 4.92 Å². The van der Waals surface area contributed by atoms with E-state index < -0.39 is 4.92 Å². The molecule has 0 atom stereocenters. The van der Waals surface area contributed by atoms with Crippen molar-refractivity contribution in [1.82, 2.24) is 0 Å². The van der Waals surface area contributed by atoms with E-state index in [2.05, 4.69) is 0 Å². The zero-order valence-electron chi connectivity index (χ0n) is 6.73. The van der Waals surface area contributed by atoms with E-state index >= 15 is 0 Å². The number of benzene rings is 1. The van der Waals surface area contributed by atoms with Gasteiger partial charge < -0.3 is 0 Å². The third-order valence-electron chi connectivity index (χ3n) is 1.44. The first kappa shape index (κ1) is 8.46. The van der Waals surface area contributed by atoms with Crippen LogP contribution in [0, 0.1) is 10.1 Å². The van der Waals surface area contributed by atoms with Crippen molar-refractivity contribution in [2.24, 2.45) is 0 Å². The fourth-order valence-electron chi connectivity index (χ4n) is 0.934. The maximum absolute atomic E-state index is 10.3. The first-order chi connectivity index (χ1) is 5.74. The summed E-state index contributed by atoms with van der Waals surface area (Å²) in [6.07, 6.45) is 3.67. The largest absolute Gasteiger partial charge is 0.270 e. The standard InChI is InChI=1S/C9H9NO2/c1-2-4-8-5-3-6-9(7-8)10(11)12/h2-7H,1H3/b4-2-. The number of hydrogen-bond acceptors (Lipinski definition) is 2. The molecule has 0 saturated heterocycles. The van der Waals surface area contributed by atoms with E-state index in [1.54, 1.807) is 12.1 Å². The lowest BCUT2D eigenvalue weighted by Crippen LogP contribution is -1.87. The summed E-state index contributed by atoms with van der Waals surface area (Å²) in [5, 5.41) is 10.3. The maximum atomic E-state index is 10.3. The molecule has 3 heteroatoms. The molecule has 0 aliphatic heterocycles. The zero-order chi connectivity index (χ0) is 8.97. The molecule has 0 spiro atoms. The van der Waals surface area contributed by atoms with Crippen LogP contribution in [0.4, 0.5) is 5.69 Å². The third-order valence-corrected chi connectivity index (χ3v) is 1.44. The lowest BCUT2D eigenvalue weighted by molar-refractivity contribution is -0.384. The van der Waals surface area contributed by atoms with Gasteiger partial charge in [0.1, 0.15) is 0 Å². The Labute approximate surface area is 70.5 Å². The minimum Gasteiger partial charge on any atom is -0.258 e. The van der Waals surface area contributed by atoms with Gasteiger partial charge in [-0.3, -0.25) is 10.1 Å². The second kappa shape index (κ2) is 3.67. The molecule has 1 rings (SSSR count). The topological polar surface area (TPSA) is 43.1 Å². The summed E-state index contributed by atoms with van der Waals surface area (Å²) in [5.74, 6) is 0. The summed E-state index contributed by atoms with van der Waals surface area (Å²) in [5.41, 5.74) is 0.984. The highest BCUT2D eigenvalue weighted by Crippen LogP contribution is 2.13. The Morgan fingerprint density at radius 1 is 1.50 bits per heavy atom. The minimum atomic E-state index is -0.396. The molecule has 0 bridgehead atoms. The molecule has 0 unspecified atom stereocenters. The number of nitrogens with zero attached hydrogens (tertiary/aromatic N) is 1. The van der Waals surface area contributed by atoms with Crippen LogP contribution in [0.2, 0.25) is 0 Å². The molecule has 0 aromatic heterocycles. The monoisotopic (exact) mass is 163 g/mol. The molecule has 0 aliphatic rings. The number of non-ortho nitro benzene ring substituents is 1. The van der Waals surface area contributed by atoms with E-state index in [4.69, 9.17) is 0 Å². The van der Waals surface area contributed by atoms with Crippen LogP contribution in [0.15, 0.2) is 30.3 Å². The lowest BCUT2D eigenvalue weighted by Gasteiger charge is -1.92. The van der Waals surface area contributed by atoms with Crippen molar-refractivity contribution in [3.63, 3.8) is 0 Å². The number of nitro groups is 1. The van der Waals surface area contributed by atoms with Gasteiger partial charge in [0.05, 0.1) is 4.92 Å². The molecule has 0 saturated carbocycles. The molecule has 0 radical (unpaired) electrons. The van der Waals surface area contributed by atoms with Gasteiger partial charge in [0.15, 0.2) is 0 Å². The van der Waals surface area contributed by atoms with Crippen molar-refractivity contribution in [2.45, 2.75) is 6.92 Å². The van der Waals surface area contributed by atoms with Crippen LogP contribution in [0.3, 0.4) is 0 Å². The van der Waals surface area contributed by atoms with Gasteiger partial charge in [0.25, 0.3) is 5.69 Å². The van der Waals surface area contributed by atoms with Gasteiger partial charge in [-0.05, 0) is 12.5 Å². The predicted octanol–water partition coefficient (Wildman–Crippen LogP) is 2.63. The Bertz CT molecular complexity index is 318. The number of allylic oxidation sites excluding steroid dienone is 1. The summed E-state index contributed by atoms with van der Waals surface area (Å²) in [6.45, 7) is 1.87. The van der Waals surface area contributed by atoms with Crippen LogP contribution >= 0.6 is 0 Å². The molecular weight excluding hydrogens is 154 g/mol. The Morgan fingerprint density at radius 2 is 2.25 bits per heavy atom. The molecule has 0 heterocycles. The second-order valence-corrected chi connectivity index (χ2v) is 2.35. The van der Waals surface area contributed by atoms with Crippen molar-refractivity contribution in [2.75, 3.05) is 0 Å². The average Bonchev–Trinajstić information content (AvgIpc) is 2.05. The Kier molecular flexibility index (Phi) is 2.58. The molecular formula is C9H9NO2. The molecule has 12 heavy (non-hydrogen) atoms. The van der Waals surface area contributed by atoms with Crippen molar-refractivity contribution in [3.05, 3.63) is 46.0 Å². The van der Waals surface area contributed by atoms with Gasteiger partial charge >= 0.3 is 0 Å². The van der Waals surface area contributed by atoms with Gasteiger partial charge in [-0.15, -0.1) is 0 Å². The van der Waals surface area contributed by atoms with E-state index in [0.717, 1.165) is 5.56 Å². The quantitative estimate of drug-likeness (QED) is 0.496. The van der Waals surface area contributed by atoms with Crippen LogP contribution in [0.25, 0.3) is 6.08 Å². The van der Waals surface area contributed by atoms with Crippen LogP contribution in [0.1, 0.15) is 12.5 Å². The van der Waals surface area contributed by atoms with Crippen LogP contribution in [0.5, 0.6) is 0 Å². The van der Waals surface area contributed by atoms with Crippen LogP contribution in [-0.4, -0.2) is 4.92 Å². The molecule has 1 aromatic rings. The summed E-state index contributed by atoms with van der Waals surface area (Å²) < 4.78 is 0. The molecule has 62 valence electrons. The first-order valence-corrected chi connectivity index (χ1v) is 3.61. The smallest absolute Gasteiger partial charge is 0.258 e. The van der Waals surface area contributed by atoms with E-state index in [9.17, 15) is 10.1 Å². The van der Waals surface area contributed by atoms with Gasteiger partial charge in [-0.1, -0.05) is 24.3 Å². The molecule has 1 aromatic carbocycles. The van der Waals surface area contributed by atoms with E-state index in [0.29, 0.717) is 0 Å². The van der Waals surface area contributed by atoms with Gasteiger partial charge in [-0.2, -0.15) is 0 Å². The summed E-state index contributed by atoms with van der Waals surface area (Å²) in [7, 11) is 0. The maximum Gasteiger partial charge on any atom is 0.270 e. The molecule has 3 nitrogen and oxygen atoms in total. The van der Waals surface area contributed by atoms with E-state index in [1.165, 1.54) is 6.07 Å². The fourth-order valence-corrected chi connectivity index (χ4v) is 0.934. The van der Waals surface area contributed by atoms with Crippen LogP contribution in [-0.2, 0) is 0 Å². The Hall–Kier alpha value is -1.64. The van der Waals surface area contributed by atoms with E-state index in [-0.39, 0.29) is 5.69 Å². The van der Waals surface area contributed by atoms with Crippen molar-refractivity contribution >= 4 is 11.8 Å². The predicted molar refractivity (Wildman–Crippen MR) is 47.8 cm³/mol. The molecule has 0 aliphatic carbocycles. The fraction of sp³-hybridized carbons (Fsp3) is 0.111. The minimum absolute atomic E-state index is 0.130. The van der Waals surface area contributed by atoms with Crippen molar-refractivity contribution in [1.29, 1.82) is 0 Å². The van der Waals surface area contributed by atoms with Crippen LogP contribution < -0.4 is 0 Å². The zero-order valence-corrected chi connectivity index (χ0v) is 6.73. The summed E-state index contributed by atoms with van der Waals surface area (Å²) >= 11 is 0. The lowest BCUT2D eigenvalue weighted by atomic mass is 10.2. The summed E-state index contributed by atoms with van der Waals surface area (Å²) in [6, 6.07) is 6.52. The van der Waals surface area contributed by atoms with E-state index in [1.807, 2.05) is 25.1 Å². The molecule has 0 fully saturated rings. The van der Waals surface area contributed by atoms with Gasteiger partial charge in [0.2, 0.25) is 0 Å². The van der Waals surface area contributed by atoms with Gasteiger partial charge in [-0.25, -0.2) is 0 Å². The third kappa shape index (κ3) is 1.92. The Balaban J connectivity index is 3.03. The number of nitro benzene ring substituents is 1. The molecule has 0 N–H and O–H groups in total. The van der Waals surface area contributed by atoms with Crippen molar-refractivity contribution in [3.8, 4) is 0 Å². The SMILES string of the molecule is C/C=C\c1cccc([N+](=O)[O-])c1. The Morgan fingerprint density at radius 3 is 2.83 bits per heavy atom. The van der Waals surface area contributed by atoms with Gasteiger partial charge in [0, 0.05) is 12.1 Å². The number of rotatable bonds is 2. The highest BCUT2D eigenvalue weighted by Gasteiger charge is 2.02. The highest BCUT2D eigenvalue weighted by molar-refractivity contribution is 5.52. The second-order valence-electron chi connectivity index (χ2n) is 2.35. The first-order valence-electron chi connectivity index (χ1n) is 3.61. The highest BCUT2D eigenvalue weighted by atomic mass is 16.6. The summed E-state index contributed by atoms with van der Waals surface area (Å²) in [4.78, 5) is 9.94. The number of hydrogen-bond donors (Lipinski definition) is 0. The molecule has 0 amide bonds. The average molecular weight is 163 g/mol. The normalized spacial score (nSPS) is 10.4.